The molecule has 0 bridgehead atoms. The van der Waals surface area contributed by atoms with Crippen LogP contribution in [0.15, 0.2) is 91.1 Å². The average molecular weight is 635 g/mol. The van der Waals surface area contributed by atoms with Gasteiger partial charge in [0.15, 0.2) is 11.6 Å². The summed E-state index contributed by atoms with van der Waals surface area (Å²) in [5.74, 6) is -1.64. The molecule has 3 N–H and O–H groups in total. The summed E-state index contributed by atoms with van der Waals surface area (Å²) < 4.78 is 59.5. The van der Waals surface area contributed by atoms with Crippen molar-refractivity contribution in [1.82, 2.24) is 10.3 Å². The molecule has 5 aromatic rings. The number of hydrogen-bond acceptors (Lipinski definition) is 6. The molecule has 1 fully saturated rings. The lowest BCUT2D eigenvalue weighted by Gasteiger charge is -2.26. The van der Waals surface area contributed by atoms with Crippen LogP contribution in [-0.4, -0.2) is 29.5 Å². The molecular formula is C33H26F4N4O3S. The minimum absolute atomic E-state index is 0.0755. The van der Waals surface area contributed by atoms with Crippen molar-refractivity contribution < 1.29 is 31.9 Å². The van der Waals surface area contributed by atoms with Crippen molar-refractivity contribution >= 4 is 44.7 Å². The number of nitrogens with one attached hydrogen (secondary N) is 1. The molecular weight excluding hydrogens is 608 g/mol. The molecule has 0 unspecified atom stereocenters. The van der Waals surface area contributed by atoms with E-state index in [1.54, 1.807) is 60.8 Å². The van der Waals surface area contributed by atoms with Crippen molar-refractivity contribution in [2.24, 2.45) is 11.1 Å². The second-order valence-electron chi connectivity index (χ2n) is 10.7. The highest BCUT2D eigenvalue weighted by Gasteiger charge is 2.57. The smallest absolute Gasteiger partial charge is 0.401 e. The van der Waals surface area contributed by atoms with E-state index in [2.05, 4.69) is 10.3 Å². The standard InChI is InChI=1S/C33H26F4N4O3S/c34-24-16-23(41(22-4-2-1-3-5-22)31(43)32(13-14-32)30(38)42)10-11-26(24)44-27-12-15-40-25-17-28(45-29(25)27)21-8-6-20(7-9-21)18-39-19-33(35,36)37/h1-12,15-17,39H,13-14,18-19H2,(H2,38,42). The van der Waals surface area contributed by atoms with Gasteiger partial charge in [-0.25, -0.2) is 4.39 Å². The van der Waals surface area contributed by atoms with Gasteiger partial charge in [0, 0.05) is 35.4 Å². The summed E-state index contributed by atoms with van der Waals surface area (Å²) >= 11 is 1.38. The molecule has 2 aromatic heterocycles. The molecule has 1 saturated carbocycles. The molecule has 45 heavy (non-hydrogen) atoms. The van der Waals surface area contributed by atoms with E-state index >= 15 is 4.39 Å². The van der Waals surface area contributed by atoms with Gasteiger partial charge in [-0.15, -0.1) is 11.3 Å². The normalized spacial score (nSPS) is 13.9. The van der Waals surface area contributed by atoms with Crippen LogP contribution in [0.4, 0.5) is 28.9 Å². The lowest BCUT2D eigenvalue weighted by Crippen LogP contribution is -2.41. The number of para-hydroxylation sites is 1. The van der Waals surface area contributed by atoms with Crippen LogP contribution >= 0.6 is 11.3 Å². The SMILES string of the molecule is NC(=O)C1(C(=O)N(c2ccccc2)c2ccc(Oc3ccnc4cc(-c5ccc(CNCC(F)(F)F)cc5)sc34)c(F)c2)CC1. The summed E-state index contributed by atoms with van der Waals surface area (Å²) in [6, 6.07) is 23.4. The summed E-state index contributed by atoms with van der Waals surface area (Å²) in [5.41, 5.74) is 7.12. The van der Waals surface area contributed by atoms with E-state index in [1.807, 2.05) is 18.2 Å². The van der Waals surface area contributed by atoms with Gasteiger partial charge in [0.05, 0.1) is 22.4 Å². The number of fused-ring (bicyclic) bond motifs is 1. The highest BCUT2D eigenvalue weighted by atomic mass is 32.1. The van der Waals surface area contributed by atoms with Crippen LogP contribution in [0.2, 0.25) is 0 Å². The fraction of sp³-hybridized carbons (Fsp3) is 0.182. The van der Waals surface area contributed by atoms with Crippen molar-refractivity contribution in [1.29, 1.82) is 0 Å². The Labute approximate surface area is 259 Å². The zero-order valence-electron chi connectivity index (χ0n) is 23.6. The first-order valence-electron chi connectivity index (χ1n) is 14.0. The largest absolute Gasteiger partial charge is 0.453 e. The topological polar surface area (TPSA) is 97.6 Å². The van der Waals surface area contributed by atoms with Gasteiger partial charge in [0.25, 0.3) is 0 Å². The van der Waals surface area contributed by atoms with Gasteiger partial charge < -0.3 is 15.8 Å². The molecule has 2 amide bonds. The van der Waals surface area contributed by atoms with Crippen LogP contribution in [0.5, 0.6) is 11.5 Å². The number of benzene rings is 3. The van der Waals surface area contributed by atoms with Gasteiger partial charge in [-0.1, -0.05) is 42.5 Å². The molecule has 0 saturated heterocycles. The Kier molecular flexibility index (Phi) is 8.02. The molecule has 6 rings (SSSR count). The number of thiophene rings is 1. The summed E-state index contributed by atoms with van der Waals surface area (Å²) in [7, 11) is 0. The van der Waals surface area contributed by atoms with E-state index in [-0.39, 0.29) is 18.0 Å². The number of carbonyl (C=O) groups is 2. The number of primary amides is 1. The molecule has 2 heterocycles. The number of anilines is 2. The zero-order chi connectivity index (χ0) is 31.8. The molecule has 0 spiro atoms. The summed E-state index contributed by atoms with van der Waals surface area (Å²) in [6.07, 6.45) is -2.07. The average Bonchev–Trinajstić information content (AvgIpc) is 3.72. The Bertz CT molecular complexity index is 1870. The quantitative estimate of drug-likeness (QED) is 0.123. The van der Waals surface area contributed by atoms with Crippen LogP contribution in [0.3, 0.4) is 0 Å². The molecule has 0 atom stereocenters. The number of carbonyl (C=O) groups excluding carboxylic acids is 2. The summed E-state index contributed by atoms with van der Waals surface area (Å²) in [4.78, 5) is 32.2. The van der Waals surface area contributed by atoms with Gasteiger partial charge in [0.1, 0.15) is 11.2 Å². The fourth-order valence-corrected chi connectivity index (χ4v) is 6.04. The van der Waals surface area contributed by atoms with Gasteiger partial charge in [-0.3, -0.25) is 19.5 Å². The van der Waals surface area contributed by atoms with Crippen molar-refractivity contribution in [2.75, 3.05) is 11.4 Å². The molecule has 12 heteroatoms. The number of rotatable bonds is 10. The van der Waals surface area contributed by atoms with Gasteiger partial charge in [-0.2, -0.15) is 13.2 Å². The van der Waals surface area contributed by atoms with Gasteiger partial charge in [-0.05, 0) is 54.3 Å². The number of ether oxygens (including phenoxy) is 1. The van der Waals surface area contributed by atoms with Crippen molar-refractivity contribution in [3.63, 3.8) is 0 Å². The Morgan fingerprint density at radius 2 is 1.69 bits per heavy atom. The number of pyridine rings is 1. The third kappa shape index (κ3) is 6.38. The third-order valence-electron chi connectivity index (χ3n) is 7.51. The maximum Gasteiger partial charge on any atom is 0.401 e. The lowest BCUT2D eigenvalue weighted by molar-refractivity contribution is -0.133. The van der Waals surface area contributed by atoms with Gasteiger partial charge in [0.2, 0.25) is 11.8 Å². The number of alkyl halides is 3. The number of halogens is 4. The summed E-state index contributed by atoms with van der Waals surface area (Å²) in [5, 5.41) is 2.38. The maximum absolute atomic E-state index is 15.6. The Balaban J connectivity index is 1.24. The Hall–Kier alpha value is -4.81. The molecule has 7 nitrogen and oxygen atoms in total. The predicted molar refractivity (Wildman–Crippen MR) is 164 cm³/mol. The number of aromatic nitrogens is 1. The van der Waals surface area contributed by atoms with E-state index in [0.717, 1.165) is 10.4 Å². The first-order valence-corrected chi connectivity index (χ1v) is 14.8. The first kappa shape index (κ1) is 30.2. The monoisotopic (exact) mass is 634 g/mol. The summed E-state index contributed by atoms with van der Waals surface area (Å²) in [6.45, 7) is -0.985. The molecule has 1 aliphatic carbocycles. The minimum atomic E-state index is -4.28. The molecule has 0 aliphatic heterocycles. The third-order valence-corrected chi connectivity index (χ3v) is 8.70. The number of hydrogen-bond donors (Lipinski definition) is 2. The highest BCUT2D eigenvalue weighted by Crippen LogP contribution is 2.49. The predicted octanol–water partition coefficient (Wildman–Crippen LogP) is 7.48. The van der Waals surface area contributed by atoms with E-state index in [4.69, 9.17) is 10.5 Å². The number of amides is 2. The van der Waals surface area contributed by atoms with Crippen LogP contribution < -0.4 is 20.7 Å². The van der Waals surface area contributed by atoms with Crippen LogP contribution in [0.1, 0.15) is 18.4 Å². The molecule has 1 aliphatic rings. The van der Waals surface area contributed by atoms with Crippen molar-refractivity contribution in [2.45, 2.75) is 25.6 Å². The maximum atomic E-state index is 15.6. The molecule has 230 valence electrons. The van der Waals surface area contributed by atoms with Crippen LogP contribution in [0.25, 0.3) is 20.7 Å². The van der Waals surface area contributed by atoms with Crippen LogP contribution in [-0.2, 0) is 16.1 Å². The van der Waals surface area contributed by atoms with Gasteiger partial charge >= 0.3 is 6.18 Å². The highest BCUT2D eigenvalue weighted by molar-refractivity contribution is 7.22. The lowest BCUT2D eigenvalue weighted by atomic mass is 10.0. The second kappa shape index (κ2) is 11.9. The molecule has 3 aromatic carbocycles. The first-order chi connectivity index (χ1) is 21.5. The van der Waals surface area contributed by atoms with E-state index < -0.39 is 35.8 Å². The fourth-order valence-electron chi connectivity index (χ4n) is 4.97. The van der Waals surface area contributed by atoms with Crippen molar-refractivity contribution in [3.05, 3.63) is 103 Å². The zero-order valence-corrected chi connectivity index (χ0v) is 24.4. The van der Waals surface area contributed by atoms with E-state index in [1.165, 1.54) is 28.4 Å². The molecule has 0 radical (unpaired) electrons. The Morgan fingerprint density at radius 3 is 2.33 bits per heavy atom. The van der Waals surface area contributed by atoms with Crippen LogP contribution in [0, 0.1) is 11.2 Å². The Morgan fingerprint density at radius 1 is 0.956 bits per heavy atom. The number of nitrogens with two attached hydrogens (primary N) is 1. The minimum Gasteiger partial charge on any atom is -0.453 e. The number of nitrogens with zero attached hydrogens (tertiary/aromatic N) is 2. The second-order valence-corrected chi connectivity index (χ2v) is 11.7. The van der Waals surface area contributed by atoms with Crippen molar-refractivity contribution in [3.8, 4) is 21.9 Å². The van der Waals surface area contributed by atoms with E-state index in [9.17, 15) is 22.8 Å². The van der Waals surface area contributed by atoms with E-state index in [0.29, 0.717) is 40.1 Å².